The van der Waals surface area contributed by atoms with Gasteiger partial charge in [0.1, 0.15) is 5.69 Å². The molecule has 0 bridgehead atoms. The summed E-state index contributed by atoms with van der Waals surface area (Å²) in [6.45, 7) is 0. The Labute approximate surface area is 146 Å². The lowest BCUT2D eigenvalue weighted by molar-refractivity contribution is 0.0843. The summed E-state index contributed by atoms with van der Waals surface area (Å²) in [6, 6.07) is 18.0. The van der Waals surface area contributed by atoms with Crippen molar-refractivity contribution >= 4 is 27.7 Å². The topological polar surface area (TPSA) is 86.9 Å². The molecule has 0 aliphatic heterocycles. The molecule has 24 heavy (non-hydrogen) atoms. The molecule has 7 heteroatoms. The van der Waals surface area contributed by atoms with Gasteiger partial charge in [0, 0.05) is 10.0 Å². The summed E-state index contributed by atoms with van der Waals surface area (Å²) in [5.41, 5.74) is 6.95. The average Bonchev–Trinajstić information content (AvgIpc) is 3.11. The summed E-state index contributed by atoms with van der Waals surface area (Å²) in [6.07, 6.45) is 0. The molecular weight excluding hydrogens is 372 g/mol. The molecule has 0 fully saturated rings. The number of halogens is 1. The number of hydrogen-bond acceptors (Lipinski definition) is 3. The number of aromatic nitrogens is 2. The Hall–Kier alpha value is -2.93. The number of nitrogens with zero attached hydrogens (tertiary/aromatic N) is 1. The molecule has 3 N–H and O–H groups in total. The Morgan fingerprint density at radius 3 is 2.33 bits per heavy atom. The minimum absolute atomic E-state index is 0.251. The number of amides is 2. The highest BCUT2D eigenvalue weighted by atomic mass is 79.9. The molecule has 2 amide bonds. The van der Waals surface area contributed by atoms with E-state index in [4.69, 9.17) is 0 Å². The Morgan fingerprint density at radius 2 is 1.58 bits per heavy atom. The lowest BCUT2D eigenvalue weighted by Crippen LogP contribution is -2.41. The van der Waals surface area contributed by atoms with E-state index in [-0.39, 0.29) is 5.69 Å². The van der Waals surface area contributed by atoms with E-state index >= 15 is 0 Å². The molecule has 0 saturated heterocycles. The Morgan fingerprint density at radius 1 is 0.917 bits per heavy atom. The standard InChI is InChI=1S/C17H13BrN4O2/c18-13-9-5-4-8-12(13)16(23)21-22-17(24)15-10-14(19-20-15)11-6-2-1-3-7-11/h1-10H,(H,19,20)(H,21,23)(H,22,24). The van der Waals surface area contributed by atoms with Gasteiger partial charge < -0.3 is 0 Å². The highest BCUT2D eigenvalue weighted by Gasteiger charge is 2.13. The summed E-state index contributed by atoms with van der Waals surface area (Å²) in [4.78, 5) is 24.1. The molecule has 0 saturated carbocycles. The number of hydrogen-bond donors (Lipinski definition) is 3. The quantitative estimate of drug-likeness (QED) is 0.606. The van der Waals surface area contributed by atoms with Crippen molar-refractivity contribution in [1.82, 2.24) is 21.0 Å². The molecule has 1 aromatic heterocycles. The van der Waals surface area contributed by atoms with Crippen LogP contribution in [0.15, 0.2) is 65.1 Å². The third kappa shape index (κ3) is 3.52. The first kappa shape index (κ1) is 15.9. The maximum atomic E-state index is 12.1. The monoisotopic (exact) mass is 384 g/mol. The van der Waals surface area contributed by atoms with E-state index in [2.05, 4.69) is 37.0 Å². The normalized spacial score (nSPS) is 10.2. The molecule has 0 radical (unpaired) electrons. The number of aromatic amines is 1. The second kappa shape index (κ2) is 7.10. The molecule has 1 heterocycles. The van der Waals surface area contributed by atoms with Gasteiger partial charge in [0.05, 0.1) is 11.3 Å². The minimum atomic E-state index is -0.481. The van der Waals surface area contributed by atoms with Gasteiger partial charge in [0.25, 0.3) is 11.8 Å². The van der Waals surface area contributed by atoms with Crippen LogP contribution >= 0.6 is 15.9 Å². The van der Waals surface area contributed by atoms with E-state index in [0.717, 1.165) is 5.56 Å². The Kier molecular flexibility index (Phi) is 4.72. The van der Waals surface area contributed by atoms with Crippen LogP contribution in [-0.4, -0.2) is 22.0 Å². The van der Waals surface area contributed by atoms with E-state index in [0.29, 0.717) is 15.7 Å². The highest BCUT2D eigenvalue weighted by molar-refractivity contribution is 9.10. The van der Waals surface area contributed by atoms with Crippen LogP contribution in [0.5, 0.6) is 0 Å². The van der Waals surface area contributed by atoms with Gasteiger partial charge in [0.15, 0.2) is 0 Å². The summed E-state index contributed by atoms with van der Waals surface area (Å²) >= 11 is 3.29. The molecule has 0 atom stereocenters. The van der Waals surface area contributed by atoms with Crippen LogP contribution in [0.3, 0.4) is 0 Å². The van der Waals surface area contributed by atoms with Crippen LogP contribution in [0.2, 0.25) is 0 Å². The van der Waals surface area contributed by atoms with E-state index < -0.39 is 11.8 Å². The van der Waals surface area contributed by atoms with Crippen LogP contribution in [0, 0.1) is 0 Å². The number of H-pyrrole nitrogens is 1. The largest absolute Gasteiger partial charge is 0.287 e. The predicted octanol–water partition coefficient (Wildman–Crippen LogP) is 2.91. The van der Waals surface area contributed by atoms with Gasteiger partial charge in [-0.05, 0) is 34.1 Å². The number of rotatable bonds is 3. The number of benzene rings is 2. The predicted molar refractivity (Wildman–Crippen MR) is 93.1 cm³/mol. The molecule has 0 aliphatic carbocycles. The minimum Gasteiger partial charge on any atom is -0.272 e. The van der Waals surface area contributed by atoms with Crippen molar-refractivity contribution < 1.29 is 9.59 Å². The van der Waals surface area contributed by atoms with Crippen LogP contribution in [0.4, 0.5) is 0 Å². The van der Waals surface area contributed by atoms with Crippen LogP contribution in [0.1, 0.15) is 20.8 Å². The zero-order chi connectivity index (χ0) is 16.9. The number of carbonyl (C=O) groups is 2. The lowest BCUT2D eigenvalue weighted by Gasteiger charge is -2.07. The smallest absolute Gasteiger partial charge is 0.272 e. The zero-order valence-electron chi connectivity index (χ0n) is 12.4. The molecule has 2 aromatic carbocycles. The average molecular weight is 385 g/mol. The van der Waals surface area contributed by atoms with Gasteiger partial charge in [-0.25, -0.2) is 0 Å². The number of hydrazine groups is 1. The van der Waals surface area contributed by atoms with E-state index in [9.17, 15) is 9.59 Å². The number of nitrogens with one attached hydrogen (secondary N) is 3. The molecule has 0 unspecified atom stereocenters. The third-order valence-electron chi connectivity index (χ3n) is 3.30. The van der Waals surface area contributed by atoms with Gasteiger partial charge >= 0.3 is 0 Å². The van der Waals surface area contributed by atoms with Crippen molar-refractivity contribution in [3.8, 4) is 11.3 Å². The van der Waals surface area contributed by atoms with Crippen molar-refractivity contribution in [3.63, 3.8) is 0 Å². The highest BCUT2D eigenvalue weighted by Crippen LogP contribution is 2.17. The molecular formula is C17H13BrN4O2. The fourth-order valence-electron chi connectivity index (χ4n) is 2.09. The first-order chi connectivity index (χ1) is 11.6. The fraction of sp³-hybridized carbons (Fsp3) is 0. The Balaban J connectivity index is 1.65. The number of carbonyl (C=O) groups excluding carboxylic acids is 2. The van der Waals surface area contributed by atoms with Crippen molar-refractivity contribution in [1.29, 1.82) is 0 Å². The second-order valence-corrected chi connectivity index (χ2v) is 5.78. The van der Waals surface area contributed by atoms with E-state index in [1.165, 1.54) is 0 Å². The lowest BCUT2D eigenvalue weighted by atomic mass is 10.1. The van der Waals surface area contributed by atoms with Gasteiger partial charge in [0.2, 0.25) is 0 Å². The second-order valence-electron chi connectivity index (χ2n) is 4.92. The first-order valence-corrected chi connectivity index (χ1v) is 7.90. The summed E-state index contributed by atoms with van der Waals surface area (Å²) in [5.74, 6) is -0.899. The van der Waals surface area contributed by atoms with Gasteiger partial charge in [-0.1, -0.05) is 42.5 Å². The fourth-order valence-corrected chi connectivity index (χ4v) is 2.55. The van der Waals surface area contributed by atoms with Crippen molar-refractivity contribution in [2.24, 2.45) is 0 Å². The molecule has 6 nitrogen and oxygen atoms in total. The zero-order valence-corrected chi connectivity index (χ0v) is 14.0. The summed E-state index contributed by atoms with van der Waals surface area (Å²) in [5, 5.41) is 6.76. The summed E-state index contributed by atoms with van der Waals surface area (Å²) < 4.78 is 0.643. The van der Waals surface area contributed by atoms with E-state index in [1.807, 2.05) is 30.3 Å². The molecule has 120 valence electrons. The van der Waals surface area contributed by atoms with E-state index in [1.54, 1.807) is 30.3 Å². The molecule has 3 aromatic rings. The van der Waals surface area contributed by atoms with Crippen molar-refractivity contribution in [2.45, 2.75) is 0 Å². The maximum absolute atomic E-state index is 12.1. The van der Waals surface area contributed by atoms with Crippen LogP contribution < -0.4 is 10.9 Å². The van der Waals surface area contributed by atoms with Gasteiger partial charge in [-0.2, -0.15) is 5.10 Å². The van der Waals surface area contributed by atoms with Gasteiger partial charge in [-0.3, -0.25) is 25.5 Å². The Bertz CT molecular complexity index is 877. The summed E-state index contributed by atoms with van der Waals surface area (Å²) in [7, 11) is 0. The molecule has 0 spiro atoms. The van der Waals surface area contributed by atoms with Crippen molar-refractivity contribution in [2.75, 3.05) is 0 Å². The maximum Gasteiger partial charge on any atom is 0.287 e. The SMILES string of the molecule is O=C(NNC(=O)c1ccccc1Br)c1cc(-c2ccccc2)n[nH]1. The van der Waals surface area contributed by atoms with Crippen LogP contribution in [-0.2, 0) is 0 Å². The first-order valence-electron chi connectivity index (χ1n) is 7.11. The molecule has 3 rings (SSSR count). The van der Waals surface area contributed by atoms with Gasteiger partial charge in [-0.15, -0.1) is 0 Å². The van der Waals surface area contributed by atoms with Crippen LogP contribution in [0.25, 0.3) is 11.3 Å². The molecule has 0 aliphatic rings. The van der Waals surface area contributed by atoms with Crippen molar-refractivity contribution in [3.05, 3.63) is 76.4 Å². The third-order valence-corrected chi connectivity index (χ3v) is 3.99.